The van der Waals surface area contributed by atoms with E-state index in [1.165, 1.54) is 0 Å². The molecule has 2 amide bonds. The van der Waals surface area contributed by atoms with Gasteiger partial charge < -0.3 is 16.4 Å². The Morgan fingerprint density at radius 3 is 2.40 bits per heavy atom. The zero-order valence-electron chi connectivity index (χ0n) is 8.42. The third-order valence-electron chi connectivity index (χ3n) is 1.99. The molecule has 0 aromatic heterocycles. The lowest BCUT2D eigenvalue weighted by molar-refractivity contribution is 0.259. The van der Waals surface area contributed by atoms with Crippen molar-refractivity contribution in [2.75, 3.05) is 17.2 Å². The molecule has 0 aliphatic heterocycles. The first-order chi connectivity index (χ1) is 7.07. The standard InChI is InChI=1S/C9H13N3O3/c1-2-3-4-11-5-6(12-9(10)15)8(14)7(5)13/h11H,2-4H2,1H3,(H3,10,12,15). The molecular formula is C9H13N3O3. The highest BCUT2D eigenvalue weighted by atomic mass is 16.2. The van der Waals surface area contributed by atoms with E-state index in [9.17, 15) is 14.4 Å². The summed E-state index contributed by atoms with van der Waals surface area (Å²) in [6, 6.07) is -0.847. The Bertz CT molecular complexity index is 432. The van der Waals surface area contributed by atoms with E-state index < -0.39 is 16.9 Å². The lowest BCUT2D eigenvalue weighted by atomic mass is 10.2. The second-order valence-electron chi connectivity index (χ2n) is 3.18. The van der Waals surface area contributed by atoms with Crippen LogP contribution in [-0.2, 0) is 0 Å². The van der Waals surface area contributed by atoms with Crippen LogP contribution in [0.1, 0.15) is 19.8 Å². The van der Waals surface area contributed by atoms with Gasteiger partial charge >= 0.3 is 6.03 Å². The SMILES string of the molecule is CCCCNc1c(NC(N)=O)c(=O)c1=O. The molecule has 0 aliphatic rings. The Morgan fingerprint density at radius 2 is 1.87 bits per heavy atom. The van der Waals surface area contributed by atoms with Crippen molar-refractivity contribution in [2.45, 2.75) is 19.8 Å². The molecule has 1 aromatic rings. The fraction of sp³-hybridized carbons (Fsp3) is 0.444. The number of hydrogen-bond acceptors (Lipinski definition) is 4. The summed E-state index contributed by atoms with van der Waals surface area (Å²) in [5.74, 6) is 0. The lowest BCUT2D eigenvalue weighted by Gasteiger charge is -2.12. The van der Waals surface area contributed by atoms with Gasteiger partial charge in [-0.05, 0) is 6.42 Å². The van der Waals surface area contributed by atoms with Gasteiger partial charge in [-0.15, -0.1) is 0 Å². The van der Waals surface area contributed by atoms with Gasteiger partial charge in [-0.3, -0.25) is 9.59 Å². The number of nitrogens with two attached hydrogens (primary N) is 1. The van der Waals surface area contributed by atoms with Gasteiger partial charge in [0.15, 0.2) is 0 Å². The average molecular weight is 211 g/mol. The van der Waals surface area contributed by atoms with Crippen LogP contribution < -0.4 is 27.2 Å². The maximum Gasteiger partial charge on any atom is 0.316 e. The van der Waals surface area contributed by atoms with E-state index in [0.717, 1.165) is 12.8 Å². The predicted molar refractivity (Wildman–Crippen MR) is 58.0 cm³/mol. The fourth-order valence-corrected chi connectivity index (χ4v) is 1.19. The van der Waals surface area contributed by atoms with Gasteiger partial charge in [0.2, 0.25) is 0 Å². The van der Waals surface area contributed by atoms with E-state index >= 15 is 0 Å². The minimum atomic E-state index is -0.847. The Labute approximate surface area is 86.2 Å². The third-order valence-corrected chi connectivity index (χ3v) is 1.99. The van der Waals surface area contributed by atoms with Gasteiger partial charge in [-0.2, -0.15) is 0 Å². The van der Waals surface area contributed by atoms with Crippen molar-refractivity contribution >= 4 is 17.4 Å². The van der Waals surface area contributed by atoms with Crippen molar-refractivity contribution < 1.29 is 4.79 Å². The summed E-state index contributed by atoms with van der Waals surface area (Å²) in [6.07, 6.45) is 1.86. The number of anilines is 2. The monoisotopic (exact) mass is 211 g/mol. The summed E-state index contributed by atoms with van der Waals surface area (Å²) in [5.41, 5.74) is 3.68. The molecule has 15 heavy (non-hydrogen) atoms. The normalized spacial score (nSPS) is 10.2. The van der Waals surface area contributed by atoms with Crippen molar-refractivity contribution in [2.24, 2.45) is 5.73 Å². The van der Waals surface area contributed by atoms with Gasteiger partial charge in [0.1, 0.15) is 11.4 Å². The molecule has 1 aromatic carbocycles. The molecule has 82 valence electrons. The van der Waals surface area contributed by atoms with Crippen molar-refractivity contribution in [3.05, 3.63) is 20.4 Å². The van der Waals surface area contributed by atoms with Gasteiger partial charge in [0, 0.05) is 6.54 Å². The molecule has 0 unspecified atom stereocenters. The maximum atomic E-state index is 11.1. The number of unbranched alkanes of at least 4 members (excludes halogenated alkanes) is 1. The fourth-order valence-electron chi connectivity index (χ4n) is 1.19. The highest BCUT2D eigenvalue weighted by Gasteiger charge is 2.21. The minimum absolute atomic E-state index is 0.0244. The number of nitrogens with one attached hydrogen (secondary N) is 2. The number of hydrogen-bond donors (Lipinski definition) is 3. The summed E-state index contributed by atoms with van der Waals surface area (Å²) in [7, 11) is 0. The number of carbonyl (C=O) groups excluding carboxylic acids is 1. The van der Waals surface area contributed by atoms with E-state index in [-0.39, 0.29) is 11.4 Å². The van der Waals surface area contributed by atoms with E-state index in [4.69, 9.17) is 5.73 Å². The van der Waals surface area contributed by atoms with Crippen LogP contribution in [0.15, 0.2) is 9.59 Å². The summed E-state index contributed by atoms with van der Waals surface area (Å²) >= 11 is 0. The van der Waals surface area contributed by atoms with Gasteiger partial charge in [-0.1, -0.05) is 13.3 Å². The summed E-state index contributed by atoms with van der Waals surface area (Å²) < 4.78 is 0. The second-order valence-corrected chi connectivity index (χ2v) is 3.18. The maximum absolute atomic E-state index is 11.1. The number of rotatable bonds is 5. The van der Waals surface area contributed by atoms with Crippen molar-refractivity contribution in [1.82, 2.24) is 0 Å². The molecule has 0 spiro atoms. The molecule has 6 nitrogen and oxygen atoms in total. The molecule has 0 radical (unpaired) electrons. The highest BCUT2D eigenvalue weighted by Crippen LogP contribution is 2.13. The zero-order chi connectivity index (χ0) is 11.4. The molecule has 0 fully saturated rings. The van der Waals surface area contributed by atoms with Crippen LogP contribution in [0, 0.1) is 0 Å². The van der Waals surface area contributed by atoms with Crippen molar-refractivity contribution in [1.29, 1.82) is 0 Å². The van der Waals surface area contributed by atoms with E-state index in [0.29, 0.717) is 6.54 Å². The van der Waals surface area contributed by atoms with E-state index in [1.54, 1.807) is 0 Å². The first-order valence-corrected chi connectivity index (χ1v) is 4.71. The van der Waals surface area contributed by atoms with Crippen LogP contribution in [0.3, 0.4) is 0 Å². The number of primary amides is 1. The van der Waals surface area contributed by atoms with Crippen LogP contribution in [0.25, 0.3) is 0 Å². The molecule has 0 atom stereocenters. The van der Waals surface area contributed by atoms with Crippen LogP contribution in [-0.4, -0.2) is 12.6 Å². The Hall–Kier alpha value is -1.85. The van der Waals surface area contributed by atoms with E-state index in [1.807, 2.05) is 6.92 Å². The second kappa shape index (κ2) is 4.59. The molecule has 1 rings (SSSR count). The first-order valence-electron chi connectivity index (χ1n) is 4.71. The third kappa shape index (κ3) is 2.34. The molecular weight excluding hydrogens is 198 g/mol. The molecule has 6 heteroatoms. The van der Waals surface area contributed by atoms with Crippen molar-refractivity contribution in [3.8, 4) is 0 Å². The van der Waals surface area contributed by atoms with Gasteiger partial charge in [0.05, 0.1) is 0 Å². The molecule has 0 saturated carbocycles. The number of carbonyl (C=O) groups is 1. The Morgan fingerprint density at radius 1 is 1.27 bits per heavy atom. The van der Waals surface area contributed by atoms with Crippen LogP contribution in [0.4, 0.5) is 16.2 Å². The van der Waals surface area contributed by atoms with Crippen LogP contribution >= 0.6 is 0 Å². The molecule has 4 N–H and O–H groups in total. The Balaban J connectivity index is 2.71. The highest BCUT2D eigenvalue weighted by molar-refractivity contribution is 5.93. The first kappa shape index (κ1) is 11.2. The molecule has 0 bridgehead atoms. The zero-order valence-corrected chi connectivity index (χ0v) is 8.42. The van der Waals surface area contributed by atoms with E-state index in [2.05, 4.69) is 10.6 Å². The average Bonchev–Trinajstić information content (AvgIpc) is 2.21. The number of urea groups is 1. The lowest BCUT2D eigenvalue weighted by Crippen LogP contribution is -2.39. The predicted octanol–water partition coefficient (Wildman–Crippen LogP) is -0.0148. The summed E-state index contributed by atoms with van der Waals surface area (Å²) in [6.45, 7) is 2.60. The minimum Gasteiger partial charge on any atom is -0.380 e. The molecule has 0 saturated heterocycles. The van der Waals surface area contributed by atoms with Crippen molar-refractivity contribution in [3.63, 3.8) is 0 Å². The Kier molecular flexibility index (Phi) is 3.43. The molecule has 0 aliphatic carbocycles. The van der Waals surface area contributed by atoms with Crippen LogP contribution in [0.2, 0.25) is 0 Å². The topological polar surface area (TPSA) is 101 Å². The summed E-state index contributed by atoms with van der Waals surface area (Å²) in [4.78, 5) is 32.6. The van der Waals surface area contributed by atoms with Crippen LogP contribution in [0.5, 0.6) is 0 Å². The largest absolute Gasteiger partial charge is 0.380 e. The smallest absolute Gasteiger partial charge is 0.316 e. The van der Waals surface area contributed by atoms with Gasteiger partial charge in [-0.25, -0.2) is 4.79 Å². The quantitative estimate of drug-likeness (QED) is 0.470. The molecule has 0 heterocycles. The number of amides is 2. The summed E-state index contributed by atoms with van der Waals surface area (Å²) in [5, 5.41) is 4.92. The van der Waals surface area contributed by atoms with Gasteiger partial charge in [0.25, 0.3) is 10.9 Å².